The lowest BCUT2D eigenvalue weighted by Gasteiger charge is -2.25. The lowest BCUT2D eigenvalue weighted by Crippen LogP contribution is -2.25. The van der Waals surface area contributed by atoms with E-state index in [4.69, 9.17) is 4.52 Å². The van der Waals surface area contributed by atoms with Gasteiger partial charge in [-0.25, -0.2) is 0 Å². The Morgan fingerprint density at radius 3 is 2.24 bits per heavy atom. The lowest BCUT2D eigenvalue weighted by molar-refractivity contribution is -0.191. The summed E-state index contributed by atoms with van der Waals surface area (Å²) < 4.78 is 15.9. The number of benzene rings is 1. The van der Waals surface area contributed by atoms with E-state index in [0.29, 0.717) is 12.8 Å². The predicted octanol–water partition coefficient (Wildman–Crippen LogP) is 3.64. The van der Waals surface area contributed by atoms with Crippen LogP contribution >= 0.6 is 20.0 Å². The molecule has 1 atom stereocenters. The fraction of sp³-hybridized carbons (Fsp3) is 0.500. The highest BCUT2D eigenvalue weighted by Gasteiger charge is 2.35. The number of thioether (sulfide) groups is 1. The van der Waals surface area contributed by atoms with Gasteiger partial charge < -0.3 is 4.89 Å². The molecule has 0 aromatic heterocycles. The maximum absolute atomic E-state index is 10.8. The minimum atomic E-state index is -2.82. The summed E-state index contributed by atoms with van der Waals surface area (Å²) in [5.41, 5.74) is 1.18. The second kappa shape index (κ2) is 6.50. The van der Waals surface area contributed by atoms with E-state index in [1.165, 1.54) is 17.3 Å². The van der Waals surface area contributed by atoms with E-state index in [2.05, 4.69) is 0 Å². The van der Waals surface area contributed by atoms with Crippen LogP contribution in [0.2, 0.25) is 0 Å². The van der Waals surface area contributed by atoms with Gasteiger partial charge in [0.15, 0.2) is 4.93 Å². The molecule has 0 bridgehead atoms. The Morgan fingerprint density at radius 1 is 1.29 bits per heavy atom. The van der Waals surface area contributed by atoms with Gasteiger partial charge in [-0.15, -0.1) is 4.52 Å². The molecule has 0 heterocycles. The standard InChI is InChI=1S/C12H17O3PS/c1-4-12(5-2,15-16(13)14)17-11-8-6-10(3)7-9-11/h6-9H,4-5H2,1-3H3. The van der Waals surface area contributed by atoms with Gasteiger partial charge in [-0.05, 0) is 36.5 Å². The summed E-state index contributed by atoms with van der Waals surface area (Å²) in [5.74, 6) is 0. The smallest absolute Gasteiger partial charge is 0.489 e. The van der Waals surface area contributed by atoms with E-state index >= 15 is 0 Å². The molecule has 3 nitrogen and oxygen atoms in total. The van der Waals surface area contributed by atoms with Crippen molar-refractivity contribution in [2.45, 2.75) is 43.4 Å². The highest BCUT2D eigenvalue weighted by molar-refractivity contribution is 8.00. The van der Waals surface area contributed by atoms with E-state index < -0.39 is 13.2 Å². The van der Waals surface area contributed by atoms with Crippen molar-refractivity contribution in [1.82, 2.24) is 0 Å². The third-order valence-electron chi connectivity index (χ3n) is 2.64. The zero-order chi connectivity index (χ0) is 12.9. The second-order valence-electron chi connectivity index (χ2n) is 3.85. The minimum absolute atomic E-state index is 0.644. The first-order chi connectivity index (χ1) is 8.01. The van der Waals surface area contributed by atoms with Crippen molar-refractivity contribution in [3.05, 3.63) is 29.8 Å². The highest BCUT2D eigenvalue weighted by atomic mass is 32.2. The molecule has 0 saturated heterocycles. The summed E-state index contributed by atoms with van der Waals surface area (Å²) >= 11 is 1.47. The zero-order valence-corrected chi connectivity index (χ0v) is 12.0. The normalized spacial score (nSPS) is 12.6. The van der Waals surface area contributed by atoms with Crippen molar-refractivity contribution in [3.63, 3.8) is 0 Å². The highest BCUT2D eigenvalue weighted by Crippen LogP contribution is 2.43. The third kappa shape index (κ3) is 4.40. The quantitative estimate of drug-likeness (QED) is 0.450. The fourth-order valence-electron chi connectivity index (χ4n) is 1.50. The van der Waals surface area contributed by atoms with Crippen LogP contribution < -0.4 is 4.89 Å². The molecule has 0 radical (unpaired) electrons. The number of aryl methyl sites for hydroxylation is 1. The number of hydrogen-bond acceptors (Lipinski definition) is 4. The summed E-state index contributed by atoms with van der Waals surface area (Å²) in [5, 5.41) is 0. The number of hydrogen-bond donors (Lipinski definition) is 0. The number of rotatable bonds is 6. The van der Waals surface area contributed by atoms with Gasteiger partial charge in [0.05, 0.1) is 0 Å². The minimum Gasteiger partial charge on any atom is -0.566 e. The van der Waals surface area contributed by atoms with E-state index in [1.54, 1.807) is 0 Å². The Bertz CT molecular complexity index is 374. The topological polar surface area (TPSA) is 49.4 Å². The second-order valence-corrected chi connectivity index (χ2v) is 5.90. The van der Waals surface area contributed by atoms with Crippen molar-refractivity contribution in [1.29, 1.82) is 0 Å². The first-order valence-corrected chi connectivity index (χ1v) is 7.51. The molecule has 1 unspecified atom stereocenters. The zero-order valence-electron chi connectivity index (χ0n) is 10.3. The first kappa shape index (κ1) is 14.7. The fourth-order valence-corrected chi connectivity index (χ4v) is 3.35. The van der Waals surface area contributed by atoms with Crippen LogP contribution in [0.25, 0.3) is 0 Å². The monoisotopic (exact) mass is 272 g/mol. The van der Waals surface area contributed by atoms with Crippen molar-refractivity contribution in [3.8, 4) is 0 Å². The Balaban J connectivity index is 2.85. The van der Waals surface area contributed by atoms with E-state index in [0.717, 1.165) is 4.90 Å². The van der Waals surface area contributed by atoms with Gasteiger partial charge in [0, 0.05) is 4.90 Å². The molecule has 1 aromatic carbocycles. The van der Waals surface area contributed by atoms with Crippen molar-refractivity contribution < 1.29 is 14.0 Å². The summed E-state index contributed by atoms with van der Waals surface area (Å²) in [4.78, 5) is 11.1. The van der Waals surface area contributed by atoms with Gasteiger partial charge in [0.2, 0.25) is 0 Å². The summed E-state index contributed by atoms with van der Waals surface area (Å²) in [6.07, 6.45) is 1.29. The Kier molecular flexibility index (Phi) is 5.60. The Hall–Kier alpha value is -0.410. The van der Waals surface area contributed by atoms with Crippen LogP contribution in [0.15, 0.2) is 29.2 Å². The molecule has 0 amide bonds. The first-order valence-electron chi connectivity index (χ1n) is 5.60. The van der Waals surface area contributed by atoms with Crippen LogP contribution in [0.1, 0.15) is 32.3 Å². The van der Waals surface area contributed by atoms with Gasteiger partial charge in [0.1, 0.15) is 0 Å². The molecule has 17 heavy (non-hydrogen) atoms. The summed E-state index contributed by atoms with van der Waals surface area (Å²) in [6.45, 7) is 5.89. The van der Waals surface area contributed by atoms with E-state index in [9.17, 15) is 9.46 Å². The predicted molar refractivity (Wildman–Crippen MR) is 69.0 cm³/mol. The molecule has 1 rings (SSSR count). The molecule has 1 aromatic rings. The van der Waals surface area contributed by atoms with Crippen LogP contribution in [0.5, 0.6) is 0 Å². The van der Waals surface area contributed by atoms with E-state index in [1.807, 2.05) is 45.0 Å². The molecular weight excluding hydrogens is 255 g/mol. The van der Waals surface area contributed by atoms with Crippen LogP contribution in [-0.2, 0) is 9.09 Å². The lowest BCUT2D eigenvalue weighted by atomic mass is 10.2. The summed E-state index contributed by atoms with van der Waals surface area (Å²) in [6, 6.07) is 7.99. The Labute approximate surface area is 108 Å². The van der Waals surface area contributed by atoms with Gasteiger partial charge in [-0.2, -0.15) is 0 Å². The van der Waals surface area contributed by atoms with Crippen molar-refractivity contribution in [2.24, 2.45) is 0 Å². The van der Waals surface area contributed by atoms with Gasteiger partial charge in [-0.1, -0.05) is 43.3 Å². The molecular formula is C12H17O3PS. The van der Waals surface area contributed by atoms with Crippen LogP contribution in [0.4, 0.5) is 0 Å². The summed E-state index contributed by atoms with van der Waals surface area (Å²) in [7, 11) is -2.82. The third-order valence-corrected chi connectivity index (χ3v) is 4.81. The molecule has 0 spiro atoms. The van der Waals surface area contributed by atoms with Gasteiger partial charge in [-0.3, -0.25) is 0 Å². The van der Waals surface area contributed by atoms with Crippen LogP contribution in [0.3, 0.4) is 0 Å². The van der Waals surface area contributed by atoms with E-state index in [-0.39, 0.29) is 0 Å². The van der Waals surface area contributed by atoms with Crippen molar-refractivity contribution >= 4 is 20.0 Å². The maximum atomic E-state index is 10.8. The Morgan fingerprint density at radius 2 is 1.82 bits per heavy atom. The molecule has 0 aliphatic heterocycles. The van der Waals surface area contributed by atoms with Crippen LogP contribution in [0, 0.1) is 6.92 Å². The van der Waals surface area contributed by atoms with Gasteiger partial charge >= 0.3 is 8.25 Å². The largest absolute Gasteiger partial charge is 0.566 e. The maximum Gasteiger partial charge on any atom is 0.489 e. The molecule has 0 aliphatic rings. The van der Waals surface area contributed by atoms with Gasteiger partial charge in [0.25, 0.3) is 0 Å². The van der Waals surface area contributed by atoms with Crippen molar-refractivity contribution in [2.75, 3.05) is 0 Å². The average molecular weight is 272 g/mol. The van der Waals surface area contributed by atoms with Crippen LogP contribution in [-0.4, -0.2) is 4.93 Å². The molecule has 5 heteroatoms. The average Bonchev–Trinajstić information content (AvgIpc) is 2.30. The molecule has 0 saturated carbocycles. The molecule has 0 N–H and O–H groups in total. The molecule has 94 valence electrons. The molecule has 0 aliphatic carbocycles. The molecule has 0 fully saturated rings. The SMILES string of the molecule is CCC(CC)(O[P+](=O)[O-])Sc1ccc(C)cc1.